The number of hydrogen-bond donors (Lipinski definition) is 2. The lowest BCUT2D eigenvalue weighted by Gasteiger charge is -2.16. The molecule has 1 atom stereocenters. The molecule has 0 saturated heterocycles. The first-order valence-corrected chi connectivity index (χ1v) is 3.80. The van der Waals surface area contributed by atoms with Crippen molar-refractivity contribution in [3.05, 3.63) is 29.3 Å². The second kappa shape index (κ2) is 3.65. The number of hydrogen-bond acceptors (Lipinski definition) is 2. The summed E-state index contributed by atoms with van der Waals surface area (Å²) in [4.78, 5) is 0. The van der Waals surface area contributed by atoms with Crippen LogP contribution in [0, 0.1) is 11.6 Å². The maximum Gasteiger partial charge on any atom is 0.407 e. The third kappa shape index (κ3) is 2.35. The summed E-state index contributed by atoms with van der Waals surface area (Å²) in [6.45, 7) is 0. The molecule has 0 unspecified atom stereocenters. The number of benzene rings is 1. The minimum absolute atomic E-state index is 0.350. The van der Waals surface area contributed by atoms with Crippen LogP contribution in [0.2, 0.25) is 0 Å². The summed E-state index contributed by atoms with van der Waals surface area (Å²) in [6.07, 6.45) is -4.83. The summed E-state index contributed by atoms with van der Waals surface area (Å²) in [5.74, 6) is -2.41. The van der Waals surface area contributed by atoms with Crippen LogP contribution in [0.5, 0.6) is 0 Å². The van der Waals surface area contributed by atoms with Gasteiger partial charge in [0, 0.05) is 11.6 Å². The third-order valence-electron chi connectivity index (χ3n) is 1.80. The van der Waals surface area contributed by atoms with Crippen molar-refractivity contribution >= 4 is 5.69 Å². The molecular formula is C8H7F5N2. The monoisotopic (exact) mass is 226 g/mol. The zero-order chi connectivity index (χ0) is 11.8. The number of rotatable bonds is 1. The molecule has 0 fully saturated rings. The standard InChI is InChI=1S/C8H7F5N2/c9-4-2-6(14)5(10)1-3(4)7(15)8(11,12)13/h1-2,7H,14-15H2/t7-/m1/s1. The number of nitrogen functional groups attached to an aromatic ring is 1. The zero-order valence-corrected chi connectivity index (χ0v) is 7.28. The van der Waals surface area contributed by atoms with Crippen LogP contribution in [-0.2, 0) is 0 Å². The fourth-order valence-electron chi connectivity index (χ4n) is 0.992. The molecule has 0 aliphatic carbocycles. The molecule has 0 aromatic heterocycles. The van der Waals surface area contributed by atoms with Crippen molar-refractivity contribution in [1.82, 2.24) is 0 Å². The highest BCUT2D eigenvalue weighted by Crippen LogP contribution is 2.33. The summed E-state index contributed by atoms with van der Waals surface area (Å²) < 4.78 is 62.1. The van der Waals surface area contributed by atoms with Crippen LogP contribution in [-0.4, -0.2) is 6.18 Å². The molecule has 1 aromatic rings. The Labute approximate surface area is 81.7 Å². The highest BCUT2D eigenvalue weighted by atomic mass is 19.4. The predicted octanol–water partition coefficient (Wildman–Crippen LogP) is 2.11. The Balaban J connectivity index is 3.21. The minimum atomic E-state index is -4.83. The van der Waals surface area contributed by atoms with Gasteiger partial charge in [0.25, 0.3) is 0 Å². The maximum atomic E-state index is 13.0. The first-order valence-electron chi connectivity index (χ1n) is 3.80. The number of alkyl halides is 3. The van der Waals surface area contributed by atoms with Crippen LogP contribution in [0.3, 0.4) is 0 Å². The van der Waals surface area contributed by atoms with E-state index in [2.05, 4.69) is 0 Å². The maximum absolute atomic E-state index is 13.0. The fourth-order valence-corrected chi connectivity index (χ4v) is 0.992. The molecule has 1 aromatic carbocycles. The second-order valence-corrected chi connectivity index (χ2v) is 2.91. The SMILES string of the molecule is Nc1cc(F)c([C@@H](N)C(F)(F)F)cc1F. The Morgan fingerprint density at radius 3 is 2.07 bits per heavy atom. The van der Waals surface area contributed by atoms with Crippen molar-refractivity contribution < 1.29 is 22.0 Å². The van der Waals surface area contributed by atoms with Gasteiger partial charge in [-0.3, -0.25) is 0 Å². The van der Waals surface area contributed by atoms with E-state index >= 15 is 0 Å². The van der Waals surface area contributed by atoms with Gasteiger partial charge in [-0.05, 0) is 6.07 Å². The molecule has 0 saturated carbocycles. The first kappa shape index (κ1) is 11.7. The molecule has 0 aliphatic heterocycles. The largest absolute Gasteiger partial charge is 0.407 e. The van der Waals surface area contributed by atoms with E-state index in [0.29, 0.717) is 12.1 Å². The molecular weight excluding hydrogens is 219 g/mol. The number of halogens is 5. The fraction of sp³-hybridized carbons (Fsp3) is 0.250. The first-order chi connectivity index (χ1) is 6.73. The summed E-state index contributed by atoms with van der Waals surface area (Å²) >= 11 is 0. The van der Waals surface area contributed by atoms with E-state index in [-0.39, 0.29) is 0 Å². The molecule has 1 rings (SSSR count). The number of anilines is 1. The van der Waals surface area contributed by atoms with Crippen molar-refractivity contribution in [1.29, 1.82) is 0 Å². The van der Waals surface area contributed by atoms with Gasteiger partial charge >= 0.3 is 6.18 Å². The van der Waals surface area contributed by atoms with E-state index in [9.17, 15) is 22.0 Å². The summed E-state index contributed by atoms with van der Waals surface area (Å²) in [5.41, 5.74) is 8.15. The molecule has 2 nitrogen and oxygen atoms in total. The van der Waals surface area contributed by atoms with Crippen molar-refractivity contribution in [2.24, 2.45) is 5.73 Å². The summed E-state index contributed by atoms with van der Waals surface area (Å²) in [6, 6.07) is -1.74. The lowest BCUT2D eigenvalue weighted by atomic mass is 10.1. The average molecular weight is 226 g/mol. The molecule has 0 bridgehead atoms. The van der Waals surface area contributed by atoms with E-state index in [1.165, 1.54) is 0 Å². The molecule has 84 valence electrons. The lowest BCUT2D eigenvalue weighted by molar-refractivity contribution is -0.149. The Kier molecular flexibility index (Phi) is 2.85. The van der Waals surface area contributed by atoms with E-state index in [1.807, 2.05) is 0 Å². The summed E-state index contributed by atoms with van der Waals surface area (Å²) in [7, 11) is 0. The van der Waals surface area contributed by atoms with Gasteiger partial charge in [0.05, 0.1) is 5.69 Å². The van der Waals surface area contributed by atoms with E-state index < -0.39 is 35.1 Å². The normalized spacial score (nSPS) is 14.0. The van der Waals surface area contributed by atoms with Gasteiger partial charge < -0.3 is 11.5 Å². The van der Waals surface area contributed by atoms with Gasteiger partial charge in [-0.15, -0.1) is 0 Å². The molecule has 0 heterocycles. The predicted molar refractivity (Wildman–Crippen MR) is 43.8 cm³/mol. The molecule has 0 radical (unpaired) electrons. The Bertz CT molecular complexity index is 374. The van der Waals surface area contributed by atoms with Crippen LogP contribution in [0.4, 0.5) is 27.6 Å². The summed E-state index contributed by atoms with van der Waals surface area (Å²) in [5, 5.41) is 0. The van der Waals surface area contributed by atoms with E-state index in [1.54, 1.807) is 0 Å². The second-order valence-electron chi connectivity index (χ2n) is 2.91. The zero-order valence-electron chi connectivity index (χ0n) is 7.28. The van der Waals surface area contributed by atoms with Crippen molar-refractivity contribution in [3.8, 4) is 0 Å². The minimum Gasteiger partial charge on any atom is -0.396 e. The Morgan fingerprint density at radius 1 is 1.07 bits per heavy atom. The van der Waals surface area contributed by atoms with Crippen LogP contribution in [0.25, 0.3) is 0 Å². The van der Waals surface area contributed by atoms with Gasteiger partial charge in [-0.2, -0.15) is 13.2 Å². The topological polar surface area (TPSA) is 52.0 Å². The lowest BCUT2D eigenvalue weighted by Crippen LogP contribution is -2.29. The van der Waals surface area contributed by atoms with Crippen LogP contribution >= 0.6 is 0 Å². The average Bonchev–Trinajstić information content (AvgIpc) is 2.08. The third-order valence-corrected chi connectivity index (χ3v) is 1.80. The Hall–Kier alpha value is -1.37. The van der Waals surface area contributed by atoms with Gasteiger partial charge in [0.2, 0.25) is 0 Å². The molecule has 4 N–H and O–H groups in total. The molecule has 15 heavy (non-hydrogen) atoms. The van der Waals surface area contributed by atoms with E-state index in [0.717, 1.165) is 0 Å². The van der Waals surface area contributed by atoms with Crippen LogP contribution in [0.15, 0.2) is 12.1 Å². The van der Waals surface area contributed by atoms with E-state index in [4.69, 9.17) is 11.5 Å². The molecule has 0 amide bonds. The van der Waals surface area contributed by atoms with Crippen molar-refractivity contribution in [2.75, 3.05) is 5.73 Å². The van der Waals surface area contributed by atoms with Crippen LogP contribution in [0.1, 0.15) is 11.6 Å². The van der Waals surface area contributed by atoms with Gasteiger partial charge in [-0.1, -0.05) is 0 Å². The molecule has 0 spiro atoms. The molecule has 7 heteroatoms. The Morgan fingerprint density at radius 2 is 1.60 bits per heavy atom. The van der Waals surface area contributed by atoms with Gasteiger partial charge in [-0.25, -0.2) is 8.78 Å². The molecule has 0 aliphatic rings. The smallest absolute Gasteiger partial charge is 0.396 e. The van der Waals surface area contributed by atoms with Crippen molar-refractivity contribution in [2.45, 2.75) is 12.2 Å². The highest BCUT2D eigenvalue weighted by molar-refractivity contribution is 5.43. The highest BCUT2D eigenvalue weighted by Gasteiger charge is 2.39. The van der Waals surface area contributed by atoms with Gasteiger partial charge in [0.15, 0.2) is 0 Å². The van der Waals surface area contributed by atoms with Gasteiger partial charge in [0.1, 0.15) is 17.7 Å². The number of nitrogens with two attached hydrogens (primary N) is 2. The van der Waals surface area contributed by atoms with Crippen molar-refractivity contribution in [3.63, 3.8) is 0 Å². The quantitative estimate of drug-likeness (QED) is 0.569. The van der Waals surface area contributed by atoms with Crippen LogP contribution < -0.4 is 11.5 Å².